The predicted octanol–water partition coefficient (Wildman–Crippen LogP) is 2.63. The van der Waals surface area contributed by atoms with Crippen molar-refractivity contribution in [1.29, 1.82) is 0 Å². The summed E-state index contributed by atoms with van der Waals surface area (Å²) in [4.78, 5) is 12.3. The fourth-order valence-electron chi connectivity index (χ4n) is 2.64. The first-order valence-electron chi connectivity index (χ1n) is 7.58. The third-order valence-electron chi connectivity index (χ3n) is 3.91. The molecule has 1 saturated heterocycles. The SMILES string of the molecule is COc1ccc(F)c(NC(=O)c2ccn(C3CCCNC3)n2)c1.Cl. The minimum Gasteiger partial charge on any atom is -0.497 e. The molecule has 0 aliphatic carbocycles. The van der Waals surface area contributed by atoms with Crippen LogP contribution in [0.5, 0.6) is 5.75 Å². The van der Waals surface area contributed by atoms with Gasteiger partial charge in [-0.05, 0) is 37.6 Å². The summed E-state index contributed by atoms with van der Waals surface area (Å²) in [6, 6.07) is 6.08. The van der Waals surface area contributed by atoms with Crippen molar-refractivity contribution >= 4 is 24.0 Å². The number of halogens is 2. The van der Waals surface area contributed by atoms with E-state index >= 15 is 0 Å². The van der Waals surface area contributed by atoms with Gasteiger partial charge in [-0.1, -0.05) is 0 Å². The average molecular weight is 355 g/mol. The number of carbonyl (C=O) groups excluding carboxylic acids is 1. The molecule has 1 atom stereocenters. The van der Waals surface area contributed by atoms with E-state index in [4.69, 9.17) is 4.74 Å². The minimum atomic E-state index is -0.518. The van der Waals surface area contributed by atoms with Crippen LogP contribution in [0.2, 0.25) is 0 Å². The molecule has 1 unspecified atom stereocenters. The number of amides is 1. The highest BCUT2D eigenvalue weighted by Gasteiger charge is 2.18. The van der Waals surface area contributed by atoms with E-state index in [0.29, 0.717) is 5.75 Å². The molecule has 1 aliphatic rings. The van der Waals surface area contributed by atoms with Crippen molar-refractivity contribution in [1.82, 2.24) is 15.1 Å². The number of anilines is 1. The van der Waals surface area contributed by atoms with E-state index in [0.717, 1.165) is 25.9 Å². The van der Waals surface area contributed by atoms with Gasteiger partial charge < -0.3 is 15.4 Å². The summed E-state index contributed by atoms with van der Waals surface area (Å²) >= 11 is 0. The van der Waals surface area contributed by atoms with Gasteiger partial charge in [0.1, 0.15) is 11.6 Å². The highest BCUT2D eigenvalue weighted by atomic mass is 35.5. The lowest BCUT2D eigenvalue weighted by Gasteiger charge is -2.22. The van der Waals surface area contributed by atoms with Crippen molar-refractivity contribution < 1.29 is 13.9 Å². The van der Waals surface area contributed by atoms with E-state index < -0.39 is 11.7 Å². The van der Waals surface area contributed by atoms with Crippen molar-refractivity contribution in [3.63, 3.8) is 0 Å². The van der Waals surface area contributed by atoms with E-state index in [2.05, 4.69) is 15.7 Å². The maximum absolute atomic E-state index is 13.8. The molecule has 0 spiro atoms. The lowest BCUT2D eigenvalue weighted by Crippen LogP contribution is -2.32. The number of nitrogens with zero attached hydrogens (tertiary/aromatic N) is 2. The molecular formula is C16H20ClFN4O2. The first-order chi connectivity index (χ1) is 11.2. The van der Waals surface area contributed by atoms with Crippen molar-refractivity contribution in [2.24, 2.45) is 0 Å². The Morgan fingerprint density at radius 3 is 3.00 bits per heavy atom. The van der Waals surface area contributed by atoms with Crippen LogP contribution in [0.25, 0.3) is 0 Å². The first-order valence-corrected chi connectivity index (χ1v) is 7.58. The van der Waals surface area contributed by atoms with Crippen molar-refractivity contribution in [2.75, 3.05) is 25.5 Å². The Labute approximate surface area is 145 Å². The van der Waals surface area contributed by atoms with Crippen LogP contribution in [-0.2, 0) is 0 Å². The number of aromatic nitrogens is 2. The van der Waals surface area contributed by atoms with E-state index in [1.165, 1.54) is 25.3 Å². The number of nitrogens with one attached hydrogen (secondary N) is 2. The highest BCUT2D eigenvalue weighted by molar-refractivity contribution is 6.02. The maximum Gasteiger partial charge on any atom is 0.276 e. The number of hydrogen-bond donors (Lipinski definition) is 2. The summed E-state index contributed by atoms with van der Waals surface area (Å²) in [6.45, 7) is 1.85. The Morgan fingerprint density at radius 1 is 1.46 bits per heavy atom. The van der Waals surface area contributed by atoms with Crippen molar-refractivity contribution in [3.05, 3.63) is 42.0 Å². The molecule has 2 aromatic rings. The zero-order valence-electron chi connectivity index (χ0n) is 13.3. The quantitative estimate of drug-likeness (QED) is 0.885. The molecule has 1 aromatic carbocycles. The van der Waals surface area contributed by atoms with Gasteiger partial charge in [0.2, 0.25) is 0 Å². The monoisotopic (exact) mass is 354 g/mol. The molecule has 2 N–H and O–H groups in total. The van der Waals surface area contributed by atoms with Gasteiger partial charge in [0, 0.05) is 18.8 Å². The van der Waals surface area contributed by atoms with E-state index in [9.17, 15) is 9.18 Å². The van der Waals surface area contributed by atoms with Crippen molar-refractivity contribution in [3.8, 4) is 5.75 Å². The number of hydrogen-bond acceptors (Lipinski definition) is 4. The van der Waals surface area contributed by atoms with Gasteiger partial charge in [-0.25, -0.2) is 4.39 Å². The summed E-state index contributed by atoms with van der Waals surface area (Å²) in [7, 11) is 1.48. The zero-order valence-corrected chi connectivity index (χ0v) is 14.1. The van der Waals surface area contributed by atoms with Crippen molar-refractivity contribution in [2.45, 2.75) is 18.9 Å². The zero-order chi connectivity index (χ0) is 16.2. The number of methoxy groups -OCH3 is 1. The topological polar surface area (TPSA) is 68.2 Å². The standard InChI is InChI=1S/C16H19FN4O2.ClH/c1-23-12-4-5-13(17)15(9-12)19-16(22)14-6-8-21(20-14)11-3-2-7-18-10-11;/h4-6,8-9,11,18H,2-3,7,10H2,1H3,(H,19,22);1H. The Hall–Kier alpha value is -2.12. The van der Waals surface area contributed by atoms with Crippen LogP contribution in [0.3, 0.4) is 0 Å². The van der Waals surface area contributed by atoms with Crippen LogP contribution >= 0.6 is 12.4 Å². The summed E-state index contributed by atoms with van der Waals surface area (Å²) < 4.78 is 20.6. The molecule has 2 heterocycles. The molecule has 0 saturated carbocycles. The number of ether oxygens (including phenoxy) is 1. The second kappa shape index (κ2) is 8.12. The Bertz CT molecular complexity index is 701. The lowest BCUT2D eigenvalue weighted by molar-refractivity contribution is 0.102. The predicted molar refractivity (Wildman–Crippen MR) is 91.5 cm³/mol. The molecular weight excluding hydrogens is 335 g/mol. The van der Waals surface area contributed by atoms with Gasteiger partial charge in [0.05, 0.1) is 18.8 Å². The van der Waals surface area contributed by atoms with Gasteiger partial charge in [-0.15, -0.1) is 12.4 Å². The lowest BCUT2D eigenvalue weighted by atomic mass is 10.1. The molecule has 3 rings (SSSR count). The molecule has 0 bridgehead atoms. The smallest absolute Gasteiger partial charge is 0.276 e. The molecule has 1 aliphatic heterocycles. The summed E-state index contributed by atoms with van der Waals surface area (Å²) in [5, 5.41) is 10.2. The molecule has 1 amide bonds. The van der Waals surface area contributed by atoms with Crippen LogP contribution in [0.4, 0.5) is 10.1 Å². The summed E-state index contributed by atoms with van der Waals surface area (Å²) in [5.74, 6) is -0.491. The minimum absolute atomic E-state index is 0. The highest BCUT2D eigenvalue weighted by Crippen LogP contribution is 2.22. The molecule has 1 aromatic heterocycles. The Balaban J connectivity index is 0.00000208. The number of piperidine rings is 1. The molecule has 24 heavy (non-hydrogen) atoms. The van der Waals surface area contributed by atoms with E-state index in [1.54, 1.807) is 16.9 Å². The van der Waals surface area contributed by atoms with Crippen LogP contribution in [-0.4, -0.2) is 35.9 Å². The largest absolute Gasteiger partial charge is 0.497 e. The third-order valence-corrected chi connectivity index (χ3v) is 3.91. The van der Waals surface area contributed by atoms with Gasteiger partial charge in [0.25, 0.3) is 5.91 Å². The van der Waals surface area contributed by atoms with Crippen LogP contribution in [0.15, 0.2) is 30.5 Å². The summed E-state index contributed by atoms with van der Waals surface area (Å²) in [5.41, 5.74) is 0.334. The summed E-state index contributed by atoms with van der Waals surface area (Å²) in [6.07, 6.45) is 3.90. The fourth-order valence-corrected chi connectivity index (χ4v) is 2.64. The molecule has 1 fully saturated rings. The maximum atomic E-state index is 13.8. The molecule has 0 radical (unpaired) electrons. The first kappa shape index (κ1) is 18.2. The van der Waals surface area contributed by atoms with Crippen LogP contribution in [0.1, 0.15) is 29.4 Å². The molecule has 8 heteroatoms. The molecule has 130 valence electrons. The van der Waals surface area contributed by atoms with Crippen LogP contribution in [0, 0.1) is 5.82 Å². The van der Waals surface area contributed by atoms with Gasteiger partial charge in [-0.3, -0.25) is 9.48 Å². The van der Waals surface area contributed by atoms with Gasteiger partial charge in [-0.2, -0.15) is 5.10 Å². The number of carbonyl (C=O) groups is 1. The molecule has 6 nitrogen and oxygen atoms in total. The second-order valence-corrected chi connectivity index (χ2v) is 5.48. The average Bonchev–Trinajstić information content (AvgIpc) is 3.08. The second-order valence-electron chi connectivity index (χ2n) is 5.48. The third kappa shape index (κ3) is 4.04. The van der Waals surface area contributed by atoms with E-state index in [-0.39, 0.29) is 29.8 Å². The normalized spacial score (nSPS) is 17.0. The van der Waals surface area contributed by atoms with Gasteiger partial charge in [0.15, 0.2) is 5.69 Å². The van der Waals surface area contributed by atoms with E-state index in [1.807, 2.05) is 0 Å². The van der Waals surface area contributed by atoms with Crippen LogP contribution < -0.4 is 15.4 Å². The Kier molecular flexibility index (Phi) is 6.16. The fraction of sp³-hybridized carbons (Fsp3) is 0.375. The number of rotatable bonds is 4. The van der Waals surface area contributed by atoms with Gasteiger partial charge >= 0.3 is 0 Å². The number of benzene rings is 1. The Morgan fingerprint density at radius 2 is 2.29 bits per heavy atom.